The molecule has 0 atom stereocenters. The molecule has 1 heterocycles. The summed E-state index contributed by atoms with van der Waals surface area (Å²) in [6, 6.07) is 14.6. The quantitative estimate of drug-likeness (QED) is 0.736. The number of nitrogens with zero attached hydrogens (tertiary/aromatic N) is 1. The van der Waals surface area contributed by atoms with Crippen LogP contribution in [0.15, 0.2) is 48.5 Å². The molecule has 0 bridgehead atoms. The van der Waals surface area contributed by atoms with Gasteiger partial charge < -0.3 is 19.7 Å². The minimum Gasteiger partial charge on any atom is -0.483 e. The number of hydrogen-bond donors (Lipinski definition) is 1. The van der Waals surface area contributed by atoms with Gasteiger partial charge in [-0.3, -0.25) is 4.79 Å². The fraction of sp³-hybridized carbons (Fsp3) is 0.364. The molecule has 0 saturated carbocycles. The molecule has 6 nitrogen and oxygen atoms in total. The van der Waals surface area contributed by atoms with E-state index in [0.29, 0.717) is 17.0 Å². The van der Waals surface area contributed by atoms with Crippen LogP contribution in [0, 0.1) is 0 Å². The molecule has 3 rings (SSSR count). The Labute approximate surface area is 165 Å². The van der Waals surface area contributed by atoms with Gasteiger partial charge in [0, 0.05) is 24.5 Å². The summed E-state index contributed by atoms with van der Waals surface area (Å²) in [7, 11) is 0. The SMILES string of the molecule is CCOC(=O)c1ccccc1OCC(=O)Nc1ccc(N2CCCCC2)cc1. The number of para-hydroxylation sites is 1. The summed E-state index contributed by atoms with van der Waals surface area (Å²) in [5.41, 5.74) is 2.20. The average molecular weight is 382 g/mol. The first-order valence-corrected chi connectivity index (χ1v) is 9.71. The molecule has 0 unspecified atom stereocenters. The topological polar surface area (TPSA) is 67.9 Å². The molecule has 148 valence electrons. The highest BCUT2D eigenvalue weighted by atomic mass is 16.5. The van der Waals surface area contributed by atoms with E-state index in [1.54, 1.807) is 31.2 Å². The van der Waals surface area contributed by atoms with E-state index in [4.69, 9.17) is 9.47 Å². The van der Waals surface area contributed by atoms with Gasteiger partial charge in [-0.2, -0.15) is 0 Å². The average Bonchev–Trinajstić information content (AvgIpc) is 2.74. The Morgan fingerprint density at radius 1 is 1.00 bits per heavy atom. The molecule has 28 heavy (non-hydrogen) atoms. The van der Waals surface area contributed by atoms with Gasteiger partial charge in [0.25, 0.3) is 5.91 Å². The summed E-state index contributed by atoms with van der Waals surface area (Å²) in [6.07, 6.45) is 3.75. The van der Waals surface area contributed by atoms with Gasteiger partial charge in [0.15, 0.2) is 6.61 Å². The minimum absolute atomic E-state index is 0.190. The molecule has 1 saturated heterocycles. The van der Waals surface area contributed by atoms with E-state index in [1.165, 1.54) is 24.9 Å². The fourth-order valence-corrected chi connectivity index (χ4v) is 3.22. The Kier molecular flexibility index (Phi) is 6.89. The summed E-state index contributed by atoms with van der Waals surface area (Å²) < 4.78 is 10.5. The third-order valence-corrected chi connectivity index (χ3v) is 4.61. The molecule has 2 aromatic rings. The molecule has 0 aliphatic carbocycles. The maximum atomic E-state index is 12.2. The highest BCUT2D eigenvalue weighted by Gasteiger charge is 2.14. The number of ether oxygens (including phenoxy) is 2. The maximum Gasteiger partial charge on any atom is 0.341 e. The van der Waals surface area contributed by atoms with Gasteiger partial charge in [-0.15, -0.1) is 0 Å². The van der Waals surface area contributed by atoms with Gasteiger partial charge in [0.2, 0.25) is 0 Å². The monoisotopic (exact) mass is 382 g/mol. The Morgan fingerprint density at radius 2 is 1.71 bits per heavy atom. The zero-order chi connectivity index (χ0) is 19.8. The van der Waals surface area contributed by atoms with Gasteiger partial charge in [-0.05, 0) is 62.6 Å². The number of carbonyl (C=O) groups excluding carboxylic acids is 2. The Morgan fingerprint density at radius 3 is 2.43 bits per heavy atom. The van der Waals surface area contributed by atoms with E-state index in [9.17, 15) is 9.59 Å². The lowest BCUT2D eigenvalue weighted by Gasteiger charge is -2.28. The lowest BCUT2D eigenvalue weighted by atomic mass is 10.1. The Bertz CT molecular complexity index is 798. The van der Waals surface area contributed by atoms with Crippen LogP contribution in [-0.4, -0.2) is 38.2 Å². The van der Waals surface area contributed by atoms with Gasteiger partial charge >= 0.3 is 5.97 Å². The number of amides is 1. The lowest BCUT2D eigenvalue weighted by molar-refractivity contribution is -0.118. The van der Waals surface area contributed by atoms with Crippen LogP contribution in [0.1, 0.15) is 36.5 Å². The number of rotatable bonds is 7. The van der Waals surface area contributed by atoms with Crippen molar-refractivity contribution in [1.29, 1.82) is 0 Å². The second-order valence-corrected chi connectivity index (χ2v) is 6.65. The predicted molar refractivity (Wildman–Crippen MR) is 109 cm³/mol. The predicted octanol–water partition coefficient (Wildman–Crippen LogP) is 3.87. The highest BCUT2D eigenvalue weighted by Crippen LogP contribution is 2.22. The zero-order valence-corrected chi connectivity index (χ0v) is 16.1. The first-order chi connectivity index (χ1) is 13.7. The van der Waals surface area contributed by atoms with Crippen LogP contribution in [0.25, 0.3) is 0 Å². The van der Waals surface area contributed by atoms with Crippen LogP contribution in [0.3, 0.4) is 0 Å². The number of anilines is 2. The van der Waals surface area contributed by atoms with Crippen LogP contribution in [0.2, 0.25) is 0 Å². The van der Waals surface area contributed by atoms with Crippen LogP contribution < -0.4 is 15.0 Å². The molecule has 1 amide bonds. The summed E-state index contributed by atoms with van der Waals surface area (Å²) in [6.45, 7) is 4.00. The normalized spacial score (nSPS) is 13.7. The first kappa shape index (κ1) is 19.7. The van der Waals surface area contributed by atoms with E-state index >= 15 is 0 Å². The van der Waals surface area contributed by atoms with E-state index in [1.807, 2.05) is 24.3 Å². The van der Waals surface area contributed by atoms with Gasteiger partial charge in [0.05, 0.1) is 6.61 Å². The summed E-state index contributed by atoms with van der Waals surface area (Å²) >= 11 is 0. The summed E-state index contributed by atoms with van der Waals surface area (Å²) in [5.74, 6) is -0.423. The number of esters is 1. The van der Waals surface area contributed by atoms with Crippen molar-refractivity contribution in [2.45, 2.75) is 26.2 Å². The van der Waals surface area contributed by atoms with Crippen molar-refractivity contribution >= 4 is 23.3 Å². The van der Waals surface area contributed by atoms with Crippen LogP contribution in [-0.2, 0) is 9.53 Å². The number of benzene rings is 2. The van der Waals surface area contributed by atoms with Crippen molar-refractivity contribution in [1.82, 2.24) is 0 Å². The van der Waals surface area contributed by atoms with Crippen molar-refractivity contribution in [3.63, 3.8) is 0 Å². The van der Waals surface area contributed by atoms with Crippen molar-refractivity contribution in [3.8, 4) is 5.75 Å². The number of hydrogen-bond acceptors (Lipinski definition) is 5. The number of piperidine rings is 1. The summed E-state index contributed by atoms with van der Waals surface area (Å²) in [5, 5.41) is 2.82. The molecule has 1 aliphatic heterocycles. The maximum absolute atomic E-state index is 12.2. The van der Waals surface area contributed by atoms with E-state index in [-0.39, 0.29) is 19.1 Å². The Balaban J connectivity index is 1.54. The smallest absolute Gasteiger partial charge is 0.341 e. The third-order valence-electron chi connectivity index (χ3n) is 4.61. The molecule has 0 spiro atoms. The molecule has 1 fully saturated rings. The fourth-order valence-electron chi connectivity index (χ4n) is 3.22. The standard InChI is InChI=1S/C22H26N2O4/c1-2-27-22(26)19-8-4-5-9-20(19)28-16-21(25)23-17-10-12-18(13-11-17)24-14-6-3-7-15-24/h4-5,8-13H,2-3,6-7,14-16H2,1H3,(H,23,25). The van der Waals surface area contributed by atoms with Crippen molar-refractivity contribution in [2.75, 3.05) is 36.5 Å². The molecule has 6 heteroatoms. The van der Waals surface area contributed by atoms with Crippen molar-refractivity contribution in [3.05, 3.63) is 54.1 Å². The largest absolute Gasteiger partial charge is 0.483 e. The molecule has 0 radical (unpaired) electrons. The Hall–Kier alpha value is -3.02. The highest BCUT2D eigenvalue weighted by molar-refractivity contribution is 5.94. The molecular formula is C22H26N2O4. The molecule has 1 N–H and O–H groups in total. The minimum atomic E-state index is -0.466. The van der Waals surface area contributed by atoms with Gasteiger partial charge in [0.1, 0.15) is 11.3 Å². The van der Waals surface area contributed by atoms with Crippen molar-refractivity contribution in [2.24, 2.45) is 0 Å². The number of nitrogens with one attached hydrogen (secondary N) is 1. The van der Waals surface area contributed by atoms with E-state index in [2.05, 4.69) is 10.2 Å². The zero-order valence-electron chi connectivity index (χ0n) is 16.1. The third kappa shape index (κ3) is 5.25. The lowest BCUT2D eigenvalue weighted by Crippen LogP contribution is -2.29. The second kappa shape index (κ2) is 9.78. The second-order valence-electron chi connectivity index (χ2n) is 6.65. The van der Waals surface area contributed by atoms with E-state index < -0.39 is 5.97 Å². The molecule has 0 aromatic heterocycles. The van der Waals surface area contributed by atoms with Crippen LogP contribution in [0.5, 0.6) is 5.75 Å². The van der Waals surface area contributed by atoms with Gasteiger partial charge in [-0.1, -0.05) is 12.1 Å². The van der Waals surface area contributed by atoms with Crippen molar-refractivity contribution < 1.29 is 19.1 Å². The van der Waals surface area contributed by atoms with Crippen LogP contribution in [0.4, 0.5) is 11.4 Å². The summed E-state index contributed by atoms with van der Waals surface area (Å²) in [4.78, 5) is 26.5. The molecule has 2 aromatic carbocycles. The first-order valence-electron chi connectivity index (χ1n) is 9.71. The van der Waals surface area contributed by atoms with Gasteiger partial charge in [-0.25, -0.2) is 4.79 Å². The number of carbonyl (C=O) groups is 2. The van der Waals surface area contributed by atoms with E-state index in [0.717, 1.165) is 13.1 Å². The molecule has 1 aliphatic rings. The molecular weight excluding hydrogens is 356 g/mol. The van der Waals surface area contributed by atoms with Crippen LogP contribution >= 0.6 is 0 Å².